The van der Waals surface area contributed by atoms with E-state index in [-0.39, 0.29) is 24.4 Å². The zero-order valence-electron chi connectivity index (χ0n) is 16.0. The van der Waals surface area contributed by atoms with Gasteiger partial charge in [0.2, 0.25) is 0 Å². The van der Waals surface area contributed by atoms with Gasteiger partial charge in [0.15, 0.2) is 0 Å². The van der Waals surface area contributed by atoms with Gasteiger partial charge in [-0.25, -0.2) is 4.98 Å². The summed E-state index contributed by atoms with van der Waals surface area (Å²) in [5.41, 5.74) is 1.38. The van der Waals surface area contributed by atoms with E-state index in [1.54, 1.807) is 35.2 Å². The Morgan fingerprint density at radius 2 is 1.97 bits per heavy atom. The first kappa shape index (κ1) is 20.4. The summed E-state index contributed by atoms with van der Waals surface area (Å²) in [7, 11) is 1.50. The maximum atomic E-state index is 13.1. The van der Waals surface area contributed by atoms with Crippen molar-refractivity contribution in [3.63, 3.8) is 0 Å². The summed E-state index contributed by atoms with van der Waals surface area (Å²) in [6.07, 6.45) is -0.874. The van der Waals surface area contributed by atoms with Crippen molar-refractivity contribution >= 4 is 5.91 Å². The summed E-state index contributed by atoms with van der Waals surface area (Å²) in [5.74, 6) is 0.0959. The molecule has 0 atom stereocenters. The Morgan fingerprint density at radius 1 is 1.21 bits per heavy atom. The van der Waals surface area contributed by atoms with E-state index in [0.29, 0.717) is 11.3 Å². The molecule has 1 heterocycles. The van der Waals surface area contributed by atoms with Crippen molar-refractivity contribution in [3.05, 3.63) is 77.4 Å². The smallest absolute Gasteiger partial charge is 0.416 e. The number of hydrogen-bond acceptors (Lipinski definition) is 3. The molecule has 0 spiro atoms. The number of benzene rings is 2. The van der Waals surface area contributed by atoms with E-state index in [4.69, 9.17) is 4.74 Å². The van der Waals surface area contributed by atoms with Crippen molar-refractivity contribution in [2.75, 3.05) is 13.7 Å². The van der Waals surface area contributed by atoms with Crippen molar-refractivity contribution in [1.82, 2.24) is 14.9 Å². The molecule has 0 saturated heterocycles. The Hall–Kier alpha value is -3.29. The van der Waals surface area contributed by atoms with Crippen LogP contribution < -0.4 is 10.1 Å². The third kappa shape index (κ3) is 4.77. The second-order valence-corrected chi connectivity index (χ2v) is 6.47. The molecule has 0 aliphatic carbocycles. The average molecular weight is 403 g/mol. The molecule has 3 aromatic rings. The first-order chi connectivity index (χ1) is 13.8. The van der Waals surface area contributed by atoms with Crippen LogP contribution in [0.2, 0.25) is 0 Å². The second kappa shape index (κ2) is 8.38. The number of aromatic nitrogens is 2. The SMILES string of the molecule is COc1cc(C(=O)NCCc2ccccc2C(F)(F)F)ccc1-n1cnc(C)c1. The van der Waals surface area contributed by atoms with Crippen LogP contribution in [0.15, 0.2) is 55.0 Å². The quantitative estimate of drug-likeness (QED) is 0.672. The fourth-order valence-corrected chi connectivity index (χ4v) is 3.01. The minimum absolute atomic E-state index is 0.0744. The lowest BCUT2D eigenvalue weighted by molar-refractivity contribution is -0.138. The van der Waals surface area contributed by atoms with Gasteiger partial charge in [-0.05, 0) is 43.2 Å². The molecular weight excluding hydrogens is 383 g/mol. The lowest BCUT2D eigenvalue weighted by Gasteiger charge is -2.13. The first-order valence-corrected chi connectivity index (χ1v) is 8.92. The minimum atomic E-state index is -4.42. The number of hydrogen-bond donors (Lipinski definition) is 1. The van der Waals surface area contributed by atoms with Crippen LogP contribution in [0, 0.1) is 6.92 Å². The highest BCUT2D eigenvalue weighted by atomic mass is 19.4. The van der Waals surface area contributed by atoms with E-state index in [0.717, 1.165) is 17.4 Å². The molecule has 152 valence electrons. The molecule has 5 nitrogen and oxygen atoms in total. The number of aryl methyl sites for hydroxylation is 1. The highest BCUT2D eigenvalue weighted by Crippen LogP contribution is 2.32. The normalized spacial score (nSPS) is 11.3. The van der Waals surface area contributed by atoms with Crippen molar-refractivity contribution < 1.29 is 22.7 Å². The minimum Gasteiger partial charge on any atom is -0.495 e. The maximum absolute atomic E-state index is 13.1. The van der Waals surface area contributed by atoms with Gasteiger partial charge in [-0.3, -0.25) is 4.79 Å². The molecule has 0 aliphatic heterocycles. The first-order valence-electron chi connectivity index (χ1n) is 8.92. The van der Waals surface area contributed by atoms with Gasteiger partial charge in [-0.1, -0.05) is 18.2 Å². The highest BCUT2D eigenvalue weighted by molar-refractivity contribution is 5.95. The number of imidazole rings is 1. The standard InChI is InChI=1S/C21H20F3N3O2/c1-14-12-27(13-26-14)18-8-7-16(11-19(18)29-2)20(28)25-10-9-15-5-3-4-6-17(15)21(22,23)24/h3-8,11-13H,9-10H2,1-2H3,(H,25,28). The molecule has 8 heteroatoms. The summed E-state index contributed by atoms with van der Waals surface area (Å²) < 4.78 is 46.3. The predicted octanol–water partition coefficient (Wildman–Crippen LogP) is 4.18. The van der Waals surface area contributed by atoms with E-state index >= 15 is 0 Å². The topological polar surface area (TPSA) is 56.1 Å². The summed E-state index contributed by atoms with van der Waals surface area (Å²) in [6.45, 7) is 1.94. The van der Waals surface area contributed by atoms with Crippen molar-refractivity contribution in [2.45, 2.75) is 19.5 Å². The van der Waals surface area contributed by atoms with Crippen LogP contribution in [-0.2, 0) is 12.6 Å². The van der Waals surface area contributed by atoms with Gasteiger partial charge in [0.05, 0.1) is 30.4 Å². The van der Waals surface area contributed by atoms with Gasteiger partial charge in [-0.15, -0.1) is 0 Å². The largest absolute Gasteiger partial charge is 0.495 e. The van der Waals surface area contributed by atoms with Gasteiger partial charge in [-0.2, -0.15) is 13.2 Å². The predicted molar refractivity (Wildman–Crippen MR) is 102 cm³/mol. The molecule has 0 saturated carbocycles. The fraction of sp³-hybridized carbons (Fsp3) is 0.238. The van der Waals surface area contributed by atoms with Gasteiger partial charge in [0.1, 0.15) is 5.75 Å². The van der Waals surface area contributed by atoms with Crippen LogP contribution in [0.4, 0.5) is 13.2 Å². The molecule has 1 amide bonds. The van der Waals surface area contributed by atoms with Gasteiger partial charge in [0, 0.05) is 18.3 Å². The summed E-state index contributed by atoms with van der Waals surface area (Å²) >= 11 is 0. The number of alkyl halides is 3. The van der Waals surface area contributed by atoms with Crippen LogP contribution in [0.1, 0.15) is 27.2 Å². The number of nitrogens with one attached hydrogen (secondary N) is 1. The molecule has 0 radical (unpaired) electrons. The monoisotopic (exact) mass is 403 g/mol. The third-order valence-electron chi connectivity index (χ3n) is 4.43. The molecule has 0 unspecified atom stereocenters. The number of rotatable bonds is 6. The Morgan fingerprint density at radius 3 is 2.62 bits per heavy atom. The van der Waals surface area contributed by atoms with Gasteiger partial charge < -0.3 is 14.6 Å². The molecule has 2 aromatic carbocycles. The van der Waals surface area contributed by atoms with E-state index < -0.39 is 11.7 Å². The van der Waals surface area contributed by atoms with Crippen molar-refractivity contribution in [3.8, 4) is 11.4 Å². The molecule has 29 heavy (non-hydrogen) atoms. The molecule has 0 bridgehead atoms. The second-order valence-electron chi connectivity index (χ2n) is 6.47. The molecule has 3 rings (SSSR count). The molecular formula is C21H20F3N3O2. The van der Waals surface area contributed by atoms with E-state index in [1.807, 2.05) is 13.1 Å². The Labute approximate surface area is 166 Å². The lowest BCUT2D eigenvalue weighted by atomic mass is 10.0. The van der Waals surface area contributed by atoms with E-state index in [2.05, 4.69) is 10.3 Å². The zero-order valence-corrected chi connectivity index (χ0v) is 16.0. The summed E-state index contributed by atoms with van der Waals surface area (Å²) in [6, 6.07) is 10.3. The van der Waals surface area contributed by atoms with E-state index in [9.17, 15) is 18.0 Å². The third-order valence-corrected chi connectivity index (χ3v) is 4.43. The molecule has 1 aromatic heterocycles. The van der Waals surface area contributed by atoms with Crippen LogP contribution in [0.5, 0.6) is 5.75 Å². The van der Waals surface area contributed by atoms with Gasteiger partial charge in [0.25, 0.3) is 5.91 Å². The van der Waals surface area contributed by atoms with Crippen molar-refractivity contribution in [1.29, 1.82) is 0 Å². The number of nitrogens with zero attached hydrogens (tertiary/aromatic N) is 2. The highest BCUT2D eigenvalue weighted by Gasteiger charge is 2.32. The number of methoxy groups -OCH3 is 1. The summed E-state index contributed by atoms with van der Waals surface area (Å²) in [5, 5.41) is 2.66. The molecule has 1 N–H and O–H groups in total. The lowest BCUT2D eigenvalue weighted by Crippen LogP contribution is -2.26. The van der Waals surface area contributed by atoms with Gasteiger partial charge >= 0.3 is 6.18 Å². The maximum Gasteiger partial charge on any atom is 0.416 e. The number of ether oxygens (including phenoxy) is 1. The van der Waals surface area contributed by atoms with Crippen LogP contribution in [0.25, 0.3) is 5.69 Å². The Bertz CT molecular complexity index is 1010. The molecule has 0 aliphatic rings. The molecule has 0 fully saturated rings. The number of halogens is 3. The number of carbonyl (C=O) groups excluding carboxylic acids is 1. The number of amides is 1. The van der Waals surface area contributed by atoms with Crippen molar-refractivity contribution in [2.24, 2.45) is 0 Å². The Balaban J connectivity index is 1.69. The van der Waals surface area contributed by atoms with E-state index in [1.165, 1.54) is 19.2 Å². The fourth-order valence-electron chi connectivity index (χ4n) is 3.01. The zero-order chi connectivity index (χ0) is 21.0. The van der Waals surface area contributed by atoms with Crippen LogP contribution in [0.3, 0.4) is 0 Å². The Kier molecular flexibility index (Phi) is 5.91. The number of carbonyl (C=O) groups is 1. The summed E-state index contributed by atoms with van der Waals surface area (Å²) in [4.78, 5) is 16.6. The van der Waals surface area contributed by atoms with Crippen LogP contribution in [-0.4, -0.2) is 29.1 Å². The van der Waals surface area contributed by atoms with Crippen LogP contribution >= 0.6 is 0 Å². The average Bonchev–Trinajstić information content (AvgIpc) is 3.13.